The summed E-state index contributed by atoms with van der Waals surface area (Å²) >= 11 is 0. The maximum absolute atomic E-state index is 5.88. The van der Waals surface area contributed by atoms with Crippen LogP contribution in [0, 0.1) is 6.92 Å². The minimum atomic E-state index is -0.0225. The zero-order valence-electron chi connectivity index (χ0n) is 20.8. The highest BCUT2D eigenvalue weighted by atomic mass is 16.6. The molecule has 6 nitrogen and oxygen atoms in total. The van der Waals surface area contributed by atoms with Crippen LogP contribution in [0.5, 0.6) is 17.2 Å². The van der Waals surface area contributed by atoms with Gasteiger partial charge in [0.2, 0.25) is 0 Å². The molecular formula is C30H31N3O3. The number of hydrogen-bond acceptors (Lipinski definition) is 6. The van der Waals surface area contributed by atoms with E-state index >= 15 is 0 Å². The van der Waals surface area contributed by atoms with E-state index in [1.54, 1.807) is 6.20 Å². The summed E-state index contributed by atoms with van der Waals surface area (Å²) in [5, 5.41) is 8.26. The van der Waals surface area contributed by atoms with Crippen molar-refractivity contribution in [2.24, 2.45) is 0 Å². The molecule has 0 saturated carbocycles. The van der Waals surface area contributed by atoms with Crippen molar-refractivity contribution in [1.29, 1.82) is 0 Å². The first-order valence-corrected chi connectivity index (χ1v) is 12.4. The highest BCUT2D eigenvalue weighted by molar-refractivity contribution is 5.44. The van der Waals surface area contributed by atoms with Crippen molar-refractivity contribution in [3.63, 3.8) is 0 Å². The second kappa shape index (κ2) is 11.2. The quantitative estimate of drug-likeness (QED) is 0.304. The van der Waals surface area contributed by atoms with Crippen LogP contribution in [0.15, 0.2) is 85.2 Å². The second-order valence-electron chi connectivity index (χ2n) is 8.90. The summed E-state index contributed by atoms with van der Waals surface area (Å²) in [5.74, 6) is 2.48. The number of rotatable bonds is 9. The van der Waals surface area contributed by atoms with Crippen molar-refractivity contribution in [2.75, 3.05) is 19.8 Å². The molecule has 0 amide bonds. The monoisotopic (exact) mass is 481 g/mol. The molecule has 2 heterocycles. The van der Waals surface area contributed by atoms with E-state index in [1.807, 2.05) is 25.3 Å². The third kappa shape index (κ3) is 5.50. The number of benzene rings is 3. The summed E-state index contributed by atoms with van der Waals surface area (Å²) in [7, 11) is 0. The molecule has 1 unspecified atom stereocenters. The summed E-state index contributed by atoms with van der Waals surface area (Å²) in [6.07, 6.45) is 3.63. The third-order valence-electron chi connectivity index (χ3n) is 6.36. The van der Waals surface area contributed by atoms with Crippen LogP contribution in [0.25, 0.3) is 0 Å². The molecule has 5 rings (SSSR count). The van der Waals surface area contributed by atoms with E-state index in [2.05, 4.69) is 82.7 Å². The molecule has 0 spiro atoms. The molecular weight excluding hydrogens is 450 g/mol. The lowest BCUT2D eigenvalue weighted by Gasteiger charge is -2.34. The molecule has 1 aliphatic heterocycles. The Morgan fingerprint density at radius 3 is 2.44 bits per heavy atom. The minimum Gasteiger partial charge on any atom is -0.494 e. The van der Waals surface area contributed by atoms with Crippen LogP contribution >= 0.6 is 0 Å². The Balaban J connectivity index is 1.57. The van der Waals surface area contributed by atoms with E-state index in [1.165, 1.54) is 16.7 Å². The van der Waals surface area contributed by atoms with Crippen molar-refractivity contribution in [2.45, 2.75) is 33.0 Å². The van der Waals surface area contributed by atoms with E-state index in [0.717, 1.165) is 34.9 Å². The van der Waals surface area contributed by atoms with Crippen molar-refractivity contribution < 1.29 is 14.2 Å². The molecule has 4 aromatic rings. The summed E-state index contributed by atoms with van der Waals surface area (Å²) in [5.41, 5.74) is 5.90. The van der Waals surface area contributed by atoms with Crippen molar-refractivity contribution in [3.8, 4) is 17.2 Å². The number of ether oxygens (including phenoxy) is 3. The van der Waals surface area contributed by atoms with Gasteiger partial charge < -0.3 is 14.2 Å². The maximum atomic E-state index is 5.88. The molecule has 0 aliphatic carbocycles. The molecule has 3 aromatic carbocycles. The summed E-state index contributed by atoms with van der Waals surface area (Å²) in [4.78, 5) is 2.47. The van der Waals surface area contributed by atoms with Gasteiger partial charge in [-0.25, -0.2) is 0 Å². The summed E-state index contributed by atoms with van der Waals surface area (Å²) in [6, 6.07) is 25.1. The second-order valence-corrected chi connectivity index (χ2v) is 8.90. The molecule has 1 aliphatic rings. The predicted molar refractivity (Wildman–Crippen MR) is 139 cm³/mol. The van der Waals surface area contributed by atoms with E-state index in [0.29, 0.717) is 26.4 Å². The molecule has 0 radical (unpaired) electrons. The summed E-state index contributed by atoms with van der Waals surface area (Å²) in [6.45, 7) is 7.38. The van der Waals surface area contributed by atoms with Crippen molar-refractivity contribution in [3.05, 3.63) is 113 Å². The van der Waals surface area contributed by atoms with E-state index in [-0.39, 0.29) is 6.04 Å². The lowest BCUT2D eigenvalue weighted by atomic mass is 9.93. The number of fused-ring (bicyclic) bond motifs is 1. The Kier molecular flexibility index (Phi) is 7.43. The average Bonchev–Trinajstić information content (AvgIpc) is 2.91. The van der Waals surface area contributed by atoms with Gasteiger partial charge in [-0.1, -0.05) is 42.5 Å². The molecule has 0 fully saturated rings. The molecule has 0 N–H and O–H groups in total. The van der Waals surface area contributed by atoms with Crippen LogP contribution in [-0.4, -0.2) is 34.9 Å². The highest BCUT2D eigenvalue weighted by Crippen LogP contribution is 2.36. The van der Waals surface area contributed by atoms with Gasteiger partial charge in [0, 0.05) is 19.3 Å². The highest BCUT2D eigenvalue weighted by Gasteiger charge is 2.25. The largest absolute Gasteiger partial charge is 0.494 e. The number of hydrogen-bond donors (Lipinski definition) is 0. The van der Waals surface area contributed by atoms with Gasteiger partial charge in [0.05, 0.1) is 18.8 Å². The number of aromatic nitrogens is 2. The van der Waals surface area contributed by atoms with E-state index in [9.17, 15) is 0 Å². The zero-order chi connectivity index (χ0) is 24.7. The molecule has 184 valence electrons. The topological polar surface area (TPSA) is 56.7 Å². The van der Waals surface area contributed by atoms with Crippen LogP contribution in [0.1, 0.15) is 40.8 Å². The Morgan fingerprint density at radius 2 is 1.67 bits per heavy atom. The van der Waals surface area contributed by atoms with Gasteiger partial charge >= 0.3 is 0 Å². The standard InChI is InChI=1S/C30H31N3O3/c1-3-34-26-9-6-8-23(17-26)20-33(21-24-11-12-28-29(18-24)36-16-15-35-28)30(25-13-14-31-32-19-25)27-10-5-4-7-22(27)2/h4-14,17-19,30H,3,15-16,20-21H2,1-2H3. The first-order chi connectivity index (χ1) is 17.7. The van der Waals surface area contributed by atoms with Gasteiger partial charge in [0.1, 0.15) is 19.0 Å². The van der Waals surface area contributed by atoms with Crippen molar-refractivity contribution >= 4 is 0 Å². The Bertz CT molecular complexity index is 1300. The molecule has 0 saturated heterocycles. The zero-order valence-corrected chi connectivity index (χ0v) is 20.8. The normalized spacial score (nSPS) is 13.4. The molecule has 36 heavy (non-hydrogen) atoms. The fourth-order valence-corrected chi connectivity index (χ4v) is 4.74. The predicted octanol–water partition coefficient (Wildman–Crippen LogP) is 5.75. The van der Waals surface area contributed by atoms with Crippen molar-refractivity contribution in [1.82, 2.24) is 15.1 Å². The lowest BCUT2D eigenvalue weighted by Crippen LogP contribution is -2.30. The lowest BCUT2D eigenvalue weighted by molar-refractivity contribution is 0.170. The minimum absolute atomic E-state index is 0.0225. The average molecular weight is 482 g/mol. The fourth-order valence-electron chi connectivity index (χ4n) is 4.74. The van der Waals surface area contributed by atoms with Gasteiger partial charge in [-0.15, -0.1) is 0 Å². The van der Waals surface area contributed by atoms with Gasteiger partial charge in [-0.2, -0.15) is 10.2 Å². The van der Waals surface area contributed by atoms with Crippen LogP contribution in [0.4, 0.5) is 0 Å². The molecule has 1 aromatic heterocycles. The maximum Gasteiger partial charge on any atom is 0.161 e. The van der Waals surface area contributed by atoms with Crippen LogP contribution in [0.2, 0.25) is 0 Å². The summed E-state index contributed by atoms with van der Waals surface area (Å²) < 4.78 is 17.4. The van der Waals surface area contributed by atoms with Gasteiger partial charge in [-0.05, 0) is 72.0 Å². The molecule has 0 bridgehead atoms. The molecule has 1 atom stereocenters. The fraction of sp³-hybridized carbons (Fsp3) is 0.267. The first-order valence-electron chi connectivity index (χ1n) is 12.4. The smallest absolute Gasteiger partial charge is 0.161 e. The van der Waals surface area contributed by atoms with Gasteiger partial charge in [0.15, 0.2) is 11.5 Å². The Hall–Kier alpha value is -3.90. The SMILES string of the molecule is CCOc1cccc(CN(Cc2ccc3c(c2)OCCO3)C(c2ccnnc2)c2ccccc2C)c1. The first kappa shape index (κ1) is 23.8. The van der Waals surface area contributed by atoms with Crippen LogP contribution in [0.3, 0.4) is 0 Å². The van der Waals surface area contributed by atoms with E-state index in [4.69, 9.17) is 14.2 Å². The Labute approximate surface area is 212 Å². The van der Waals surface area contributed by atoms with E-state index < -0.39 is 0 Å². The Morgan fingerprint density at radius 1 is 0.861 bits per heavy atom. The number of nitrogens with zero attached hydrogens (tertiary/aromatic N) is 3. The van der Waals surface area contributed by atoms with Gasteiger partial charge in [-0.3, -0.25) is 4.90 Å². The number of aryl methyl sites for hydroxylation is 1. The third-order valence-corrected chi connectivity index (χ3v) is 6.36. The molecule has 6 heteroatoms. The van der Waals surface area contributed by atoms with Crippen LogP contribution < -0.4 is 14.2 Å². The van der Waals surface area contributed by atoms with Crippen LogP contribution in [-0.2, 0) is 13.1 Å². The van der Waals surface area contributed by atoms with Gasteiger partial charge in [0.25, 0.3) is 0 Å².